The van der Waals surface area contributed by atoms with Crippen LogP contribution in [0.4, 0.5) is 5.69 Å². The Bertz CT molecular complexity index is 1280. The molecule has 148 valence electrons. The molecule has 0 unspecified atom stereocenters. The summed E-state index contributed by atoms with van der Waals surface area (Å²) in [5.74, 6) is -0.160. The molecule has 30 heavy (non-hydrogen) atoms. The van der Waals surface area contributed by atoms with Gasteiger partial charge in [0.1, 0.15) is 0 Å². The lowest BCUT2D eigenvalue weighted by Crippen LogP contribution is -2.60. The van der Waals surface area contributed by atoms with Crippen molar-refractivity contribution in [2.45, 2.75) is 19.5 Å². The highest BCUT2D eigenvalue weighted by Crippen LogP contribution is 2.41. The number of benzene rings is 2. The number of hydrogen-bond donors (Lipinski definition) is 1. The summed E-state index contributed by atoms with van der Waals surface area (Å²) in [5.41, 5.74) is 5.60. The lowest BCUT2D eigenvalue weighted by Gasteiger charge is -2.43. The molecule has 1 aromatic heterocycles. The molecule has 0 spiro atoms. The van der Waals surface area contributed by atoms with Crippen LogP contribution in [-0.4, -0.2) is 50.9 Å². The Hall–Kier alpha value is -3.92. The maximum Gasteiger partial charge on any atom is 0.254 e. The normalized spacial score (nSPS) is 15.8. The molecule has 0 bridgehead atoms. The summed E-state index contributed by atoms with van der Waals surface area (Å²) in [7, 11) is 0. The van der Waals surface area contributed by atoms with E-state index in [0.717, 1.165) is 33.2 Å². The van der Waals surface area contributed by atoms with Gasteiger partial charge in [-0.05, 0) is 41.3 Å². The summed E-state index contributed by atoms with van der Waals surface area (Å²) in [6.07, 6.45) is 3.05. The van der Waals surface area contributed by atoms with Gasteiger partial charge in [-0.3, -0.25) is 14.7 Å². The highest BCUT2D eigenvalue weighted by molar-refractivity contribution is 6.05. The first-order chi connectivity index (χ1) is 14.5. The number of hydrogen-bond acceptors (Lipinski definition) is 3. The zero-order chi connectivity index (χ0) is 21.0. The predicted octanol–water partition coefficient (Wildman–Crippen LogP) is 3.44. The van der Waals surface area contributed by atoms with Crippen LogP contribution in [-0.2, 0) is 11.3 Å². The van der Waals surface area contributed by atoms with E-state index in [-0.39, 0.29) is 17.9 Å². The van der Waals surface area contributed by atoms with Crippen molar-refractivity contribution in [1.82, 2.24) is 20.0 Å². The zero-order valence-electron chi connectivity index (χ0n) is 16.5. The SMILES string of the molecule is [C-]#[N+]c1cc2c(cc1-c1c(C)ccc3[nH]ncc13)C(=O)N(C1CN(C(=O)C=C)C1)C2. The van der Waals surface area contributed by atoms with Crippen LogP contribution in [0.2, 0.25) is 0 Å². The van der Waals surface area contributed by atoms with Gasteiger partial charge in [0.25, 0.3) is 5.91 Å². The van der Waals surface area contributed by atoms with Gasteiger partial charge in [-0.2, -0.15) is 5.10 Å². The molecular weight excluding hydrogens is 378 g/mol. The molecular formula is C23H19N5O2. The largest absolute Gasteiger partial charge is 0.335 e. The summed E-state index contributed by atoms with van der Waals surface area (Å²) in [5, 5.41) is 8.04. The van der Waals surface area contributed by atoms with Crippen molar-refractivity contribution in [2.24, 2.45) is 0 Å². The molecule has 0 radical (unpaired) electrons. The van der Waals surface area contributed by atoms with E-state index < -0.39 is 0 Å². The van der Waals surface area contributed by atoms with Crippen LogP contribution in [0.15, 0.2) is 43.1 Å². The molecule has 0 aliphatic carbocycles. The second kappa shape index (κ2) is 6.56. The predicted molar refractivity (Wildman–Crippen MR) is 113 cm³/mol. The highest BCUT2D eigenvalue weighted by atomic mass is 16.2. The molecule has 2 amide bonds. The van der Waals surface area contributed by atoms with Crippen molar-refractivity contribution in [3.63, 3.8) is 0 Å². The van der Waals surface area contributed by atoms with E-state index in [1.54, 1.807) is 16.0 Å². The van der Waals surface area contributed by atoms with Crippen LogP contribution in [0.25, 0.3) is 26.9 Å². The minimum Gasteiger partial charge on any atom is -0.335 e. The van der Waals surface area contributed by atoms with Crippen molar-refractivity contribution >= 4 is 28.4 Å². The average Bonchev–Trinajstić information content (AvgIpc) is 3.31. The number of aromatic nitrogens is 2. The fraction of sp³-hybridized carbons (Fsp3) is 0.217. The van der Waals surface area contributed by atoms with E-state index in [0.29, 0.717) is 30.9 Å². The van der Waals surface area contributed by atoms with E-state index in [2.05, 4.69) is 21.6 Å². The molecule has 2 aliphatic heterocycles. The van der Waals surface area contributed by atoms with Gasteiger partial charge in [0.2, 0.25) is 5.91 Å². The molecule has 1 fully saturated rings. The highest BCUT2D eigenvalue weighted by Gasteiger charge is 2.40. The van der Waals surface area contributed by atoms with E-state index in [1.165, 1.54) is 6.08 Å². The van der Waals surface area contributed by atoms with Gasteiger partial charge in [0.05, 0.1) is 24.3 Å². The van der Waals surface area contributed by atoms with Gasteiger partial charge >= 0.3 is 0 Å². The number of fused-ring (bicyclic) bond motifs is 2. The number of aromatic amines is 1. The maximum atomic E-state index is 13.2. The Balaban J connectivity index is 1.54. The molecule has 1 saturated heterocycles. The van der Waals surface area contributed by atoms with Crippen molar-refractivity contribution < 1.29 is 9.59 Å². The van der Waals surface area contributed by atoms with E-state index in [9.17, 15) is 9.59 Å². The number of H-pyrrole nitrogens is 1. The summed E-state index contributed by atoms with van der Waals surface area (Å²) in [4.78, 5) is 32.1. The fourth-order valence-electron chi connectivity index (χ4n) is 4.40. The third kappa shape index (κ3) is 2.54. The number of aryl methyl sites for hydroxylation is 1. The molecule has 7 heteroatoms. The Kier molecular flexibility index (Phi) is 3.97. The molecule has 0 atom stereocenters. The third-order valence-corrected chi connectivity index (χ3v) is 6.07. The molecule has 1 N–H and O–H groups in total. The molecule has 2 aliphatic rings. The van der Waals surface area contributed by atoms with Crippen LogP contribution in [0, 0.1) is 13.5 Å². The minimum atomic E-state index is -0.114. The zero-order valence-corrected chi connectivity index (χ0v) is 16.5. The smallest absolute Gasteiger partial charge is 0.254 e. The molecule has 5 rings (SSSR count). The molecule has 3 aromatic rings. The number of rotatable bonds is 3. The lowest BCUT2D eigenvalue weighted by molar-refractivity contribution is -0.132. The monoisotopic (exact) mass is 397 g/mol. The van der Waals surface area contributed by atoms with Crippen molar-refractivity contribution in [3.05, 3.63) is 71.2 Å². The maximum absolute atomic E-state index is 13.2. The van der Waals surface area contributed by atoms with Gasteiger partial charge in [0, 0.05) is 30.6 Å². The van der Waals surface area contributed by atoms with Crippen LogP contribution in [0.1, 0.15) is 21.5 Å². The Morgan fingerprint density at radius 1 is 1.33 bits per heavy atom. The van der Waals surface area contributed by atoms with Crippen LogP contribution >= 0.6 is 0 Å². The standard InChI is InChI=1S/C23H19N5O2/c1-4-21(29)27-11-15(12-27)28-10-14-7-20(24-3)17(8-16(14)23(28)30)22-13(2)5-6-19-18(22)9-25-26-19/h4-9,15H,1,10-12H2,2H3,(H,25,26). The third-order valence-electron chi connectivity index (χ3n) is 6.07. The molecule has 7 nitrogen and oxygen atoms in total. The number of nitrogens with zero attached hydrogens (tertiary/aromatic N) is 4. The van der Waals surface area contributed by atoms with Gasteiger partial charge < -0.3 is 9.80 Å². The lowest BCUT2D eigenvalue weighted by atomic mass is 9.93. The molecule has 2 aromatic carbocycles. The Morgan fingerprint density at radius 3 is 2.87 bits per heavy atom. The van der Waals surface area contributed by atoms with Gasteiger partial charge in [-0.25, -0.2) is 4.85 Å². The number of nitrogens with one attached hydrogen (secondary N) is 1. The quantitative estimate of drug-likeness (QED) is 0.543. The average molecular weight is 397 g/mol. The van der Waals surface area contributed by atoms with Crippen LogP contribution < -0.4 is 0 Å². The Morgan fingerprint density at radius 2 is 2.13 bits per heavy atom. The van der Waals surface area contributed by atoms with Crippen molar-refractivity contribution in [1.29, 1.82) is 0 Å². The first-order valence-electron chi connectivity index (χ1n) is 9.71. The van der Waals surface area contributed by atoms with Gasteiger partial charge in [-0.15, -0.1) is 0 Å². The number of likely N-dealkylation sites (tertiary alicyclic amines) is 1. The first kappa shape index (κ1) is 18.1. The molecule has 0 saturated carbocycles. The summed E-state index contributed by atoms with van der Waals surface area (Å²) in [6, 6.07) is 7.63. The second-order valence-electron chi connectivity index (χ2n) is 7.76. The van der Waals surface area contributed by atoms with E-state index in [4.69, 9.17) is 6.57 Å². The topological polar surface area (TPSA) is 73.7 Å². The summed E-state index contributed by atoms with van der Waals surface area (Å²) in [6.45, 7) is 14.7. The van der Waals surface area contributed by atoms with E-state index >= 15 is 0 Å². The first-order valence-corrected chi connectivity index (χ1v) is 9.71. The van der Waals surface area contributed by atoms with Crippen LogP contribution in [0.3, 0.4) is 0 Å². The van der Waals surface area contributed by atoms with Crippen LogP contribution in [0.5, 0.6) is 0 Å². The van der Waals surface area contributed by atoms with Crippen molar-refractivity contribution in [2.75, 3.05) is 13.1 Å². The number of amides is 2. The van der Waals surface area contributed by atoms with E-state index in [1.807, 2.05) is 31.2 Å². The van der Waals surface area contributed by atoms with Gasteiger partial charge in [0.15, 0.2) is 5.69 Å². The minimum absolute atomic E-state index is 0.00678. The summed E-state index contributed by atoms with van der Waals surface area (Å²) < 4.78 is 0. The number of carbonyl (C=O) groups is 2. The van der Waals surface area contributed by atoms with Crippen molar-refractivity contribution in [3.8, 4) is 11.1 Å². The number of carbonyl (C=O) groups excluding carboxylic acids is 2. The Labute approximate surface area is 173 Å². The summed E-state index contributed by atoms with van der Waals surface area (Å²) >= 11 is 0. The molecule has 3 heterocycles. The second-order valence-corrected chi connectivity index (χ2v) is 7.76. The fourth-order valence-corrected chi connectivity index (χ4v) is 4.40. The van der Waals surface area contributed by atoms with Gasteiger partial charge in [-0.1, -0.05) is 24.8 Å².